The average Bonchev–Trinajstić information content (AvgIpc) is 2.97. The molecular weight excluding hydrogens is 630 g/mol. The smallest absolute Gasteiger partial charge is 0.407 e. The summed E-state index contributed by atoms with van der Waals surface area (Å²) in [6.07, 6.45) is -26.7. The molecule has 3 rings (SSSR count). The van der Waals surface area contributed by atoms with E-state index < -0.39 is 129 Å². The highest BCUT2D eigenvalue weighted by Gasteiger charge is 2.49. The van der Waals surface area contributed by atoms with E-state index >= 15 is 0 Å². The number of ether oxygens (including phenoxy) is 7. The molecule has 3 saturated heterocycles. The molecule has 46 heavy (non-hydrogen) atoms. The Bertz CT molecular complexity index is 983. The number of nitrogens with one attached hydrogen (secondary N) is 1. The summed E-state index contributed by atoms with van der Waals surface area (Å²) in [5, 5.41) is 104. The molecule has 0 spiro atoms. The molecule has 20 heteroatoms. The van der Waals surface area contributed by atoms with Crippen LogP contribution in [0.2, 0.25) is 0 Å². The first-order valence-electron chi connectivity index (χ1n) is 14.5. The van der Waals surface area contributed by atoms with Crippen molar-refractivity contribution < 1.29 is 93.8 Å². The number of aliphatic hydroxyl groups is 9. The Labute approximate surface area is 262 Å². The molecule has 20 nitrogen and oxygen atoms in total. The first-order chi connectivity index (χ1) is 21.4. The van der Waals surface area contributed by atoms with Gasteiger partial charge in [-0.3, -0.25) is 4.79 Å². The van der Waals surface area contributed by atoms with E-state index in [1.165, 1.54) is 0 Å². The molecule has 0 aromatic carbocycles. The van der Waals surface area contributed by atoms with Gasteiger partial charge < -0.3 is 89.5 Å². The lowest BCUT2D eigenvalue weighted by Gasteiger charge is -2.44. The highest BCUT2D eigenvalue weighted by Crippen LogP contribution is 2.28. The van der Waals surface area contributed by atoms with Crippen molar-refractivity contribution in [1.82, 2.24) is 5.32 Å². The van der Waals surface area contributed by atoms with Crippen molar-refractivity contribution in [1.29, 1.82) is 0 Å². The minimum absolute atomic E-state index is 0.0598. The van der Waals surface area contributed by atoms with Crippen molar-refractivity contribution in [3.8, 4) is 0 Å². The van der Waals surface area contributed by atoms with Crippen molar-refractivity contribution in [3.05, 3.63) is 0 Å². The van der Waals surface area contributed by atoms with Gasteiger partial charge in [0.1, 0.15) is 72.7 Å². The minimum atomic E-state index is -1.87. The summed E-state index contributed by atoms with van der Waals surface area (Å²) in [5.41, 5.74) is -0.731. The van der Waals surface area contributed by atoms with Crippen LogP contribution < -0.4 is 5.32 Å². The number of amides is 1. The Morgan fingerprint density at radius 3 is 1.41 bits per heavy atom. The number of aliphatic hydroxyl groups excluding tert-OH is 9. The van der Waals surface area contributed by atoms with E-state index in [2.05, 4.69) is 5.32 Å². The highest BCUT2D eigenvalue weighted by atomic mass is 16.7. The third-order valence-electron chi connectivity index (χ3n) is 7.28. The summed E-state index contributed by atoms with van der Waals surface area (Å²) in [5.74, 6) is -1.36. The molecule has 15 unspecified atom stereocenters. The van der Waals surface area contributed by atoms with Crippen LogP contribution in [0.15, 0.2) is 0 Å². The van der Waals surface area contributed by atoms with Gasteiger partial charge in [-0.15, -0.1) is 0 Å². The first kappa shape index (κ1) is 38.6. The molecule has 0 aromatic rings. The summed E-state index contributed by atoms with van der Waals surface area (Å²) < 4.78 is 37.6. The lowest BCUT2D eigenvalue weighted by atomic mass is 9.96. The number of aliphatic carboxylic acids is 1. The fraction of sp³-hybridized carbons (Fsp3) is 0.923. The second-order valence-corrected chi connectivity index (χ2v) is 12.1. The van der Waals surface area contributed by atoms with Crippen LogP contribution in [0.25, 0.3) is 0 Å². The zero-order chi connectivity index (χ0) is 34.5. The van der Waals surface area contributed by atoms with E-state index in [4.69, 9.17) is 38.3 Å². The summed E-state index contributed by atoms with van der Waals surface area (Å²) in [6, 6.07) is 0. The van der Waals surface area contributed by atoms with Gasteiger partial charge in [-0.25, -0.2) is 4.79 Å². The minimum Gasteiger partial charge on any atom is -0.481 e. The monoisotopic (exact) mass is 675 g/mol. The molecule has 0 bridgehead atoms. The van der Waals surface area contributed by atoms with E-state index in [-0.39, 0.29) is 13.2 Å². The molecular formula is C26H45NO19. The number of hydrogen-bond acceptors (Lipinski definition) is 18. The molecule has 0 aliphatic carbocycles. The van der Waals surface area contributed by atoms with Gasteiger partial charge in [-0.05, 0) is 20.8 Å². The normalized spacial score (nSPS) is 42.0. The number of hydrogen-bond donors (Lipinski definition) is 11. The van der Waals surface area contributed by atoms with Gasteiger partial charge in [0.25, 0.3) is 0 Å². The second kappa shape index (κ2) is 16.5. The maximum absolute atomic E-state index is 11.8. The van der Waals surface area contributed by atoms with Crippen LogP contribution in [-0.4, -0.2) is 187 Å². The predicted octanol–water partition coefficient (Wildman–Crippen LogP) is -5.54. The molecule has 3 heterocycles. The fourth-order valence-corrected chi connectivity index (χ4v) is 4.80. The Hall–Kier alpha value is -1.86. The number of carbonyl (C=O) groups is 2. The predicted molar refractivity (Wildman–Crippen MR) is 144 cm³/mol. The maximum atomic E-state index is 11.8. The summed E-state index contributed by atoms with van der Waals surface area (Å²) >= 11 is 0. The van der Waals surface area contributed by atoms with Crippen LogP contribution in [0.5, 0.6) is 0 Å². The van der Waals surface area contributed by atoms with Crippen LogP contribution >= 0.6 is 0 Å². The molecule has 3 aliphatic rings. The van der Waals surface area contributed by atoms with Gasteiger partial charge in [0.15, 0.2) is 18.9 Å². The van der Waals surface area contributed by atoms with Crippen LogP contribution in [0.1, 0.15) is 27.2 Å². The third kappa shape index (κ3) is 10.1. The van der Waals surface area contributed by atoms with E-state index in [1.807, 2.05) is 0 Å². The number of carboxylic acid groups (broad SMARTS) is 1. The molecule has 3 aliphatic heterocycles. The van der Waals surface area contributed by atoms with Crippen molar-refractivity contribution in [2.45, 2.75) is 125 Å². The fourth-order valence-electron chi connectivity index (χ4n) is 4.80. The van der Waals surface area contributed by atoms with E-state index in [0.717, 1.165) is 0 Å². The lowest BCUT2D eigenvalue weighted by molar-refractivity contribution is -0.341. The van der Waals surface area contributed by atoms with Gasteiger partial charge in [0.05, 0.1) is 32.3 Å². The Balaban J connectivity index is 1.55. The van der Waals surface area contributed by atoms with Crippen molar-refractivity contribution in [2.75, 3.05) is 26.4 Å². The average molecular weight is 676 g/mol. The van der Waals surface area contributed by atoms with Crippen LogP contribution in [0.3, 0.4) is 0 Å². The van der Waals surface area contributed by atoms with E-state index in [9.17, 15) is 55.5 Å². The van der Waals surface area contributed by atoms with Gasteiger partial charge in [0.2, 0.25) is 0 Å². The van der Waals surface area contributed by atoms with Gasteiger partial charge >= 0.3 is 12.1 Å². The Morgan fingerprint density at radius 2 is 1.00 bits per heavy atom. The van der Waals surface area contributed by atoms with E-state index in [1.54, 1.807) is 20.8 Å². The Morgan fingerprint density at radius 1 is 0.609 bits per heavy atom. The number of carbonyl (C=O) groups excluding carboxylic acids is 1. The van der Waals surface area contributed by atoms with E-state index in [0.29, 0.717) is 0 Å². The lowest BCUT2D eigenvalue weighted by Crippen LogP contribution is -2.62. The Kier molecular flexibility index (Phi) is 13.8. The molecule has 268 valence electrons. The molecule has 3 fully saturated rings. The van der Waals surface area contributed by atoms with Gasteiger partial charge in [0, 0.05) is 6.54 Å². The molecule has 1 amide bonds. The molecule has 11 N–H and O–H groups in total. The van der Waals surface area contributed by atoms with Gasteiger partial charge in [-0.1, -0.05) is 0 Å². The molecule has 0 aromatic heterocycles. The van der Waals surface area contributed by atoms with Crippen molar-refractivity contribution in [3.63, 3.8) is 0 Å². The zero-order valence-corrected chi connectivity index (χ0v) is 25.3. The molecule has 0 saturated carbocycles. The van der Waals surface area contributed by atoms with Crippen LogP contribution in [-0.2, 0) is 38.0 Å². The number of rotatable bonds is 12. The standard InChI is InChI=1S/C26H45NO19/c1-26(2,3)46-25(39)27-4-5-40-22-19(36)17(34)14(31)10(44-22)7-42-24-21(38)18(35)15(32)11(45-24)8-41-23-20(37)16(33)13(30)9(43-23)6-12(28)29/h9-11,13-24,30-38H,4-8H2,1-3H3,(H,27,39)(H,28,29). The molecule has 0 radical (unpaired) electrons. The largest absolute Gasteiger partial charge is 0.481 e. The maximum Gasteiger partial charge on any atom is 0.407 e. The van der Waals surface area contributed by atoms with Gasteiger partial charge in [-0.2, -0.15) is 0 Å². The highest BCUT2D eigenvalue weighted by molar-refractivity contribution is 5.67. The number of carboxylic acids is 1. The number of alkyl carbamates (subject to hydrolysis) is 1. The summed E-state index contributed by atoms with van der Waals surface area (Å²) in [4.78, 5) is 22.8. The summed E-state index contributed by atoms with van der Waals surface area (Å²) in [7, 11) is 0. The topological polar surface area (TPSA) is 313 Å². The quantitative estimate of drug-likeness (QED) is 0.0859. The third-order valence-corrected chi connectivity index (χ3v) is 7.28. The van der Waals surface area contributed by atoms with Crippen LogP contribution in [0.4, 0.5) is 4.79 Å². The van der Waals surface area contributed by atoms with Crippen molar-refractivity contribution in [2.24, 2.45) is 0 Å². The zero-order valence-electron chi connectivity index (χ0n) is 25.3. The van der Waals surface area contributed by atoms with Crippen molar-refractivity contribution >= 4 is 12.1 Å². The SMILES string of the molecule is CC(C)(C)OC(=O)NCCOC1OC(COC2OC(COC3OC(CC(=O)O)C(O)C(O)C3O)C(O)C(O)C2O)C(O)C(O)C1O. The summed E-state index contributed by atoms with van der Waals surface area (Å²) in [6.45, 7) is 3.51. The molecule has 15 atom stereocenters. The second-order valence-electron chi connectivity index (χ2n) is 12.1. The first-order valence-corrected chi connectivity index (χ1v) is 14.5. The van der Waals surface area contributed by atoms with Crippen LogP contribution in [0, 0.1) is 0 Å².